The number of benzene rings is 1. The summed E-state index contributed by atoms with van der Waals surface area (Å²) >= 11 is 6.02. The highest BCUT2D eigenvalue weighted by atomic mass is 35.5. The van der Waals surface area contributed by atoms with Crippen LogP contribution in [0.3, 0.4) is 0 Å². The largest absolute Gasteiger partial charge is 0.491 e. The third-order valence-corrected chi connectivity index (χ3v) is 3.82. The Morgan fingerprint density at radius 3 is 2.89 bits per heavy atom. The molecule has 5 heteroatoms. The van der Waals surface area contributed by atoms with Crippen molar-refractivity contribution in [1.82, 2.24) is 4.90 Å². The summed E-state index contributed by atoms with van der Waals surface area (Å²) in [5.41, 5.74) is 0. The van der Waals surface area contributed by atoms with Crippen molar-refractivity contribution < 1.29 is 14.6 Å². The molecule has 1 aromatic rings. The third kappa shape index (κ3) is 3.83. The highest BCUT2D eigenvalue weighted by Crippen LogP contribution is 2.23. The maximum atomic E-state index is 9.35. The molecule has 0 spiro atoms. The van der Waals surface area contributed by atoms with Gasteiger partial charge in [0.1, 0.15) is 12.4 Å². The molecule has 1 aromatic carbocycles. The zero-order chi connectivity index (χ0) is 13.7. The number of ether oxygens (including phenoxy) is 2. The summed E-state index contributed by atoms with van der Waals surface area (Å²) in [7, 11) is 1.71. The van der Waals surface area contributed by atoms with E-state index in [0.717, 1.165) is 19.5 Å². The molecule has 1 saturated heterocycles. The first-order valence-corrected chi connectivity index (χ1v) is 6.87. The van der Waals surface area contributed by atoms with Gasteiger partial charge >= 0.3 is 0 Å². The smallest absolute Gasteiger partial charge is 0.137 e. The number of halogens is 1. The second-order valence-electron chi connectivity index (χ2n) is 4.70. The van der Waals surface area contributed by atoms with E-state index in [0.29, 0.717) is 17.4 Å². The SMILES string of the molecule is CO[C@H]1C[C@@H](CO)N(CCOc2ccccc2Cl)C1. The van der Waals surface area contributed by atoms with Crippen LogP contribution >= 0.6 is 11.6 Å². The van der Waals surface area contributed by atoms with Gasteiger partial charge in [0.2, 0.25) is 0 Å². The van der Waals surface area contributed by atoms with Crippen molar-refractivity contribution in [2.24, 2.45) is 0 Å². The minimum Gasteiger partial charge on any atom is -0.491 e. The quantitative estimate of drug-likeness (QED) is 0.865. The molecule has 0 saturated carbocycles. The maximum absolute atomic E-state index is 9.35. The van der Waals surface area contributed by atoms with Gasteiger partial charge in [-0.3, -0.25) is 4.90 Å². The lowest BCUT2D eigenvalue weighted by Gasteiger charge is -2.22. The van der Waals surface area contributed by atoms with Crippen LogP contribution < -0.4 is 4.74 Å². The molecule has 1 heterocycles. The standard InChI is InChI=1S/C14H20ClNO3/c1-18-12-8-11(10-17)16(9-12)6-7-19-14-5-3-2-4-13(14)15/h2-5,11-12,17H,6-10H2,1H3/t11-,12-/m0/s1. The molecule has 1 N–H and O–H groups in total. The molecule has 4 nitrogen and oxygen atoms in total. The Bertz CT molecular complexity index is 402. The van der Waals surface area contributed by atoms with E-state index in [1.54, 1.807) is 7.11 Å². The van der Waals surface area contributed by atoms with Gasteiger partial charge < -0.3 is 14.6 Å². The summed E-state index contributed by atoms with van der Waals surface area (Å²) in [6.45, 7) is 2.31. The zero-order valence-electron chi connectivity index (χ0n) is 11.1. The average Bonchev–Trinajstić information content (AvgIpc) is 2.83. The topological polar surface area (TPSA) is 41.9 Å². The van der Waals surface area contributed by atoms with Crippen molar-refractivity contribution in [2.75, 3.05) is 33.4 Å². The van der Waals surface area contributed by atoms with Crippen LogP contribution in [0.15, 0.2) is 24.3 Å². The molecule has 106 valence electrons. The third-order valence-electron chi connectivity index (χ3n) is 3.51. The second-order valence-corrected chi connectivity index (χ2v) is 5.11. The molecule has 0 amide bonds. The van der Waals surface area contributed by atoms with Crippen LogP contribution in [0.4, 0.5) is 0 Å². The van der Waals surface area contributed by atoms with Gasteiger partial charge in [-0.1, -0.05) is 23.7 Å². The van der Waals surface area contributed by atoms with Crippen LogP contribution in [0.25, 0.3) is 0 Å². The summed E-state index contributed by atoms with van der Waals surface area (Å²) in [6, 6.07) is 7.60. The summed E-state index contributed by atoms with van der Waals surface area (Å²) in [5, 5.41) is 9.97. The number of aliphatic hydroxyl groups is 1. The van der Waals surface area contributed by atoms with E-state index < -0.39 is 0 Å². The van der Waals surface area contributed by atoms with E-state index in [1.807, 2.05) is 24.3 Å². The summed E-state index contributed by atoms with van der Waals surface area (Å²) in [6.07, 6.45) is 1.08. The fraction of sp³-hybridized carbons (Fsp3) is 0.571. The van der Waals surface area contributed by atoms with Gasteiger partial charge in [0.25, 0.3) is 0 Å². The summed E-state index contributed by atoms with van der Waals surface area (Å²) in [5.74, 6) is 0.701. The molecule has 19 heavy (non-hydrogen) atoms. The molecule has 0 radical (unpaired) electrons. The van der Waals surface area contributed by atoms with Gasteiger partial charge in [0, 0.05) is 26.2 Å². The van der Waals surface area contributed by atoms with E-state index >= 15 is 0 Å². The molecule has 0 aliphatic carbocycles. The van der Waals surface area contributed by atoms with Crippen LogP contribution in [-0.2, 0) is 4.74 Å². The van der Waals surface area contributed by atoms with Crippen molar-refractivity contribution in [3.63, 3.8) is 0 Å². The number of hydrogen-bond donors (Lipinski definition) is 1. The summed E-state index contributed by atoms with van der Waals surface area (Å²) in [4.78, 5) is 2.20. The van der Waals surface area contributed by atoms with Gasteiger partial charge in [0.05, 0.1) is 17.7 Å². The highest BCUT2D eigenvalue weighted by Gasteiger charge is 2.31. The van der Waals surface area contributed by atoms with Crippen LogP contribution in [0.1, 0.15) is 6.42 Å². The minimum atomic E-state index is 0.159. The Hall–Kier alpha value is -0.810. The number of methoxy groups -OCH3 is 1. The van der Waals surface area contributed by atoms with Gasteiger partial charge in [-0.25, -0.2) is 0 Å². The Balaban J connectivity index is 1.81. The lowest BCUT2D eigenvalue weighted by molar-refractivity contribution is 0.105. The van der Waals surface area contributed by atoms with Gasteiger partial charge in [-0.15, -0.1) is 0 Å². The Morgan fingerprint density at radius 2 is 2.21 bits per heavy atom. The number of likely N-dealkylation sites (tertiary alicyclic amines) is 1. The normalized spacial score (nSPS) is 23.7. The van der Waals surface area contributed by atoms with Crippen molar-refractivity contribution in [2.45, 2.75) is 18.6 Å². The van der Waals surface area contributed by atoms with E-state index in [1.165, 1.54) is 0 Å². The van der Waals surface area contributed by atoms with Gasteiger partial charge in [0.15, 0.2) is 0 Å². The average molecular weight is 286 g/mol. The highest BCUT2D eigenvalue weighted by molar-refractivity contribution is 6.32. The van der Waals surface area contributed by atoms with E-state index in [4.69, 9.17) is 21.1 Å². The lowest BCUT2D eigenvalue weighted by atomic mass is 10.2. The van der Waals surface area contributed by atoms with E-state index in [-0.39, 0.29) is 18.8 Å². The molecule has 1 aliphatic heterocycles. The predicted molar refractivity (Wildman–Crippen MR) is 74.8 cm³/mol. The first-order chi connectivity index (χ1) is 9.24. The molecular formula is C14H20ClNO3. The number of para-hydroxylation sites is 1. The second kappa shape index (κ2) is 7.10. The molecule has 0 unspecified atom stereocenters. The maximum Gasteiger partial charge on any atom is 0.137 e. The predicted octanol–water partition coefficient (Wildman–Crippen LogP) is 1.80. The Kier molecular flexibility index (Phi) is 5.45. The monoisotopic (exact) mass is 285 g/mol. The number of nitrogens with zero attached hydrogens (tertiary/aromatic N) is 1. The molecule has 0 aromatic heterocycles. The van der Waals surface area contributed by atoms with Crippen molar-refractivity contribution >= 4 is 11.6 Å². The number of hydrogen-bond acceptors (Lipinski definition) is 4. The lowest BCUT2D eigenvalue weighted by Crippen LogP contribution is -2.35. The van der Waals surface area contributed by atoms with Crippen molar-refractivity contribution in [1.29, 1.82) is 0 Å². The van der Waals surface area contributed by atoms with E-state index in [2.05, 4.69) is 4.90 Å². The molecule has 0 bridgehead atoms. The molecule has 1 fully saturated rings. The zero-order valence-corrected chi connectivity index (χ0v) is 11.8. The van der Waals surface area contributed by atoms with Crippen LogP contribution in [0.2, 0.25) is 5.02 Å². The molecular weight excluding hydrogens is 266 g/mol. The van der Waals surface area contributed by atoms with Crippen molar-refractivity contribution in [3.05, 3.63) is 29.3 Å². The molecule has 1 aliphatic rings. The summed E-state index contributed by atoms with van der Waals surface area (Å²) < 4.78 is 11.0. The minimum absolute atomic E-state index is 0.159. The first-order valence-electron chi connectivity index (χ1n) is 6.49. The fourth-order valence-corrected chi connectivity index (χ4v) is 2.60. The Morgan fingerprint density at radius 1 is 1.42 bits per heavy atom. The fourth-order valence-electron chi connectivity index (χ4n) is 2.41. The molecule has 2 rings (SSSR count). The van der Waals surface area contributed by atoms with Gasteiger partial charge in [-0.2, -0.15) is 0 Å². The number of aliphatic hydroxyl groups excluding tert-OH is 1. The molecule has 2 atom stereocenters. The number of rotatable bonds is 6. The van der Waals surface area contributed by atoms with Crippen molar-refractivity contribution in [3.8, 4) is 5.75 Å². The van der Waals surface area contributed by atoms with Gasteiger partial charge in [-0.05, 0) is 18.6 Å². The van der Waals surface area contributed by atoms with Crippen LogP contribution in [-0.4, -0.2) is 55.6 Å². The Labute approximate surface area is 118 Å². The van der Waals surface area contributed by atoms with E-state index in [9.17, 15) is 5.11 Å². The first kappa shape index (κ1) is 14.6. The van der Waals surface area contributed by atoms with Crippen LogP contribution in [0, 0.1) is 0 Å². The van der Waals surface area contributed by atoms with Crippen LogP contribution in [0.5, 0.6) is 5.75 Å².